The van der Waals surface area contributed by atoms with Crippen molar-refractivity contribution in [2.75, 3.05) is 13.2 Å². The quantitative estimate of drug-likeness (QED) is 0.685. The molecule has 1 aromatic rings. The van der Waals surface area contributed by atoms with Gasteiger partial charge in [0, 0.05) is 6.54 Å². The van der Waals surface area contributed by atoms with E-state index in [-0.39, 0.29) is 6.54 Å². The Kier molecular flexibility index (Phi) is 4.33. The molecule has 0 bridgehead atoms. The number of hydrogen-bond acceptors (Lipinski definition) is 3. The van der Waals surface area contributed by atoms with Gasteiger partial charge in [-0.1, -0.05) is 6.07 Å². The van der Waals surface area contributed by atoms with E-state index in [0.717, 1.165) is 18.2 Å². The SMILES string of the molecule is O=C(NCC(O)CO)c1c(F)cccc1F. The summed E-state index contributed by atoms with van der Waals surface area (Å²) in [5.74, 6) is -2.92. The molecule has 1 unspecified atom stereocenters. The average molecular weight is 231 g/mol. The van der Waals surface area contributed by atoms with Crippen molar-refractivity contribution in [1.29, 1.82) is 0 Å². The third kappa shape index (κ3) is 2.98. The van der Waals surface area contributed by atoms with Crippen molar-refractivity contribution in [1.82, 2.24) is 5.32 Å². The molecule has 0 spiro atoms. The molecule has 1 atom stereocenters. The van der Waals surface area contributed by atoms with Crippen LogP contribution in [0.15, 0.2) is 18.2 Å². The predicted octanol–water partition coefficient (Wildman–Crippen LogP) is 0.0478. The van der Waals surface area contributed by atoms with Crippen LogP contribution in [0, 0.1) is 11.6 Å². The predicted molar refractivity (Wildman–Crippen MR) is 51.8 cm³/mol. The first-order valence-electron chi connectivity index (χ1n) is 4.57. The molecule has 1 aromatic carbocycles. The van der Waals surface area contributed by atoms with Gasteiger partial charge < -0.3 is 15.5 Å². The van der Waals surface area contributed by atoms with E-state index in [4.69, 9.17) is 10.2 Å². The highest BCUT2D eigenvalue weighted by molar-refractivity contribution is 5.94. The van der Waals surface area contributed by atoms with Crippen LogP contribution in [-0.2, 0) is 0 Å². The van der Waals surface area contributed by atoms with E-state index >= 15 is 0 Å². The maximum absolute atomic E-state index is 13.1. The molecular formula is C10H11F2NO3. The molecule has 0 aliphatic carbocycles. The van der Waals surface area contributed by atoms with Crippen molar-refractivity contribution in [2.24, 2.45) is 0 Å². The Morgan fingerprint density at radius 1 is 1.38 bits per heavy atom. The molecule has 0 fully saturated rings. The first-order valence-corrected chi connectivity index (χ1v) is 4.57. The fraction of sp³-hybridized carbons (Fsp3) is 0.300. The van der Waals surface area contributed by atoms with Crippen LogP contribution in [0.4, 0.5) is 8.78 Å². The summed E-state index contributed by atoms with van der Waals surface area (Å²) in [5, 5.41) is 19.5. The summed E-state index contributed by atoms with van der Waals surface area (Å²) in [4.78, 5) is 11.3. The Morgan fingerprint density at radius 3 is 2.44 bits per heavy atom. The lowest BCUT2D eigenvalue weighted by Crippen LogP contribution is -2.34. The van der Waals surface area contributed by atoms with E-state index in [1.807, 2.05) is 0 Å². The fourth-order valence-corrected chi connectivity index (χ4v) is 1.08. The van der Waals surface area contributed by atoms with E-state index in [9.17, 15) is 13.6 Å². The van der Waals surface area contributed by atoms with Gasteiger partial charge in [0.1, 0.15) is 17.2 Å². The van der Waals surface area contributed by atoms with Crippen molar-refractivity contribution in [3.05, 3.63) is 35.4 Å². The minimum Gasteiger partial charge on any atom is -0.394 e. The van der Waals surface area contributed by atoms with Crippen LogP contribution in [-0.4, -0.2) is 35.4 Å². The van der Waals surface area contributed by atoms with Crippen molar-refractivity contribution in [3.8, 4) is 0 Å². The number of carbonyl (C=O) groups excluding carboxylic acids is 1. The Balaban J connectivity index is 2.73. The summed E-state index contributed by atoms with van der Waals surface area (Å²) < 4.78 is 26.2. The van der Waals surface area contributed by atoms with Crippen LogP contribution in [0.5, 0.6) is 0 Å². The Hall–Kier alpha value is -1.53. The smallest absolute Gasteiger partial charge is 0.257 e. The van der Waals surface area contributed by atoms with Gasteiger partial charge in [0.15, 0.2) is 0 Å². The number of rotatable bonds is 4. The summed E-state index contributed by atoms with van der Waals surface area (Å²) in [5.41, 5.74) is -0.701. The minimum atomic E-state index is -1.15. The molecule has 6 heteroatoms. The molecule has 1 amide bonds. The normalized spacial score (nSPS) is 12.2. The maximum Gasteiger partial charge on any atom is 0.257 e. The summed E-state index contributed by atoms with van der Waals surface area (Å²) >= 11 is 0. The number of benzene rings is 1. The zero-order valence-electron chi connectivity index (χ0n) is 8.28. The number of halogens is 2. The fourth-order valence-electron chi connectivity index (χ4n) is 1.08. The summed E-state index contributed by atoms with van der Waals surface area (Å²) in [7, 11) is 0. The lowest BCUT2D eigenvalue weighted by Gasteiger charge is -2.09. The van der Waals surface area contributed by atoms with Gasteiger partial charge in [-0.25, -0.2) is 8.78 Å². The number of aliphatic hydroxyl groups excluding tert-OH is 2. The molecule has 0 aliphatic rings. The van der Waals surface area contributed by atoms with E-state index in [1.54, 1.807) is 0 Å². The minimum absolute atomic E-state index is 0.275. The molecule has 0 heterocycles. The zero-order valence-corrected chi connectivity index (χ0v) is 8.28. The molecule has 0 saturated carbocycles. The molecule has 4 nitrogen and oxygen atoms in total. The summed E-state index contributed by atoms with van der Waals surface area (Å²) in [6.45, 7) is -0.816. The van der Waals surface area contributed by atoms with Gasteiger partial charge in [0.25, 0.3) is 5.91 Å². The first-order chi connectivity index (χ1) is 7.56. The Morgan fingerprint density at radius 2 is 1.94 bits per heavy atom. The third-order valence-electron chi connectivity index (χ3n) is 1.90. The molecule has 88 valence electrons. The third-order valence-corrected chi connectivity index (χ3v) is 1.90. The van der Waals surface area contributed by atoms with Crippen molar-refractivity contribution in [3.63, 3.8) is 0 Å². The van der Waals surface area contributed by atoms with Crippen molar-refractivity contribution in [2.45, 2.75) is 6.10 Å². The Labute approximate surface area is 90.5 Å². The van der Waals surface area contributed by atoms with Crippen molar-refractivity contribution < 1.29 is 23.8 Å². The molecule has 16 heavy (non-hydrogen) atoms. The highest BCUT2D eigenvalue weighted by atomic mass is 19.1. The summed E-state index contributed by atoms with van der Waals surface area (Å²) in [6.07, 6.45) is -1.15. The van der Waals surface area contributed by atoms with Crippen LogP contribution < -0.4 is 5.32 Å². The number of carbonyl (C=O) groups is 1. The lowest BCUT2D eigenvalue weighted by molar-refractivity contribution is 0.0796. The number of aliphatic hydroxyl groups is 2. The zero-order chi connectivity index (χ0) is 12.1. The second kappa shape index (κ2) is 5.53. The highest BCUT2D eigenvalue weighted by Crippen LogP contribution is 2.11. The van der Waals surface area contributed by atoms with E-state index in [2.05, 4.69) is 5.32 Å². The van der Waals surface area contributed by atoms with E-state index < -0.39 is 35.8 Å². The molecule has 0 radical (unpaired) electrons. The highest BCUT2D eigenvalue weighted by Gasteiger charge is 2.17. The van der Waals surface area contributed by atoms with Gasteiger partial charge in [-0.2, -0.15) is 0 Å². The number of hydrogen-bond donors (Lipinski definition) is 3. The second-order valence-electron chi connectivity index (χ2n) is 3.14. The van der Waals surface area contributed by atoms with Crippen LogP contribution in [0.25, 0.3) is 0 Å². The largest absolute Gasteiger partial charge is 0.394 e. The molecule has 3 N–H and O–H groups in total. The number of nitrogens with one attached hydrogen (secondary N) is 1. The van der Waals surface area contributed by atoms with Crippen LogP contribution in [0.1, 0.15) is 10.4 Å². The molecule has 0 saturated heterocycles. The van der Waals surface area contributed by atoms with E-state index in [1.165, 1.54) is 0 Å². The first kappa shape index (κ1) is 12.5. The van der Waals surface area contributed by atoms with E-state index in [0.29, 0.717) is 0 Å². The standard InChI is InChI=1S/C10H11F2NO3/c11-7-2-1-3-8(12)9(7)10(16)13-4-6(15)5-14/h1-3,6,14-15H,4-5H2,(H,13,16). The van der Waals surface area contributed by atoms with Crippen LogP contribution >= 0.6 is 0 Å². The van der Waals surface area contributed by atoms with Gasteiger partial charge in [-0.3, -0.25) is 4.79 Å². The molecular weight excluding hydrogens is 220 g/mol. The monoisotopic (exact) mass is 231 g/mol. The van der Waals surface area contributed by atoms with Gasteiger partial charge in [-0.05, 0) is 12.1 Å². The lowest BCUT2D eigenvalue weighted by atomic mass is 10.2. The number of amides is 1. The topological polar surface area (TPSA) is 69.6 Å². The molecule has 1 rings (SSSR count). The average Bonchev–Trinajstić information content (AvgIpc) is 2.25. The van der Waals surface area contributed by atoms with Gasteiger partial charge >= 0.3 is 0 Å². The van der Waals surface area contributed by atoms with Crippen LogP contribution in [0.2, 0.25) is 0 Å². The van der Waals surface area contributed by atoms with Crippen molar-refractivity contribution >= 4 is 5.91 Å². The van der Waals surface area contributed by atoms with Gasteiger partial charge in [-0.15, -0.1) is 0 Å². The Bertz CT molecular complexity index is 364. The molecule has 0 aliphatic heterocycles. The van der Waals surface area contributed by atoms with Crippen LogP contribution in [0.3, 0.4) is 0 Å². The van der Waals surface area contributed by atoms with Gasteiger partial charge in [0.05, 0.1) is 12.7 Å². The maximum atomic E-state index is 13.1. The van der Waals surface area contributed by atoms with Gasteiger partial charge in [0.2, 0.25) is 0 Å². The molecule has 0 aromatic heterocycles. The second-order valence-corrected chi connectivity index (χ2v) is 3.14. The summed E-state index contributed by atoms with van der Waals surface area (Å²) in [6, 6.07) is 3.06.